The van der Waals surface area contributed by atoms with Crippen LogP contribution in [0, 0.1) is 11.8 Å². The lowest BCUT2D eigenvalue weighted by atomic mass is 10.1. The first-order valence-corrected chi connectivity index (χ1v) is 9.38. The van der Waals surface area contributed by atoms with Crippen LogP contribution in [-0.2, 0) is 0 Å². The number of hydrogen-bond donors (Lipinski definition) is 4. The molecule has 4 N–H and O–H groups in total. The maximum atomic E-state index is 10.5. The Bertz CT molecular complexity index is 362. The zero-order chi connectivity index (χ0) is 18.0. The van der Waals surface area contributed by atoms with Crippen LogP contribution in [0.3, 0.4) is 0 Å². The third-order valence-corrected chi connectivity index (χ3v) is 4.04. The zero-order valence-corrected chi connectivity index (χ0v) is 15.1. The predicted octanol–water partition coefficient (Wildman–Crippen LogP) is 3.68. The molecular weight excluding hydrogens is 306 g/mol. The largest absolute Gasteiger partial charge is 0.465 e. The molecule has 0 unspecified atom stereocenters. The van der Waals surface area contributed by atoms with Crippen LogP contribution in [0.2, 0.25) is 0 Å². The van der Waals surface area contributed by atoms with Gasteiger partial charge in [0.25, 0.3) is 0 Å². The van der Waals surface area contributed by atoms with Gasteiger partial charge in [0.2, 0.25) is 0 Å². The molecule has 0 rings (SSSR count). The molecule has 0 bridgehead atoms. The molecule has 0 aliphatic heterocycles. The number of aliphatic hydroxyl groups is 2. The van der Waals surface area contributed by atoms with E-state index in [1.165, 1.54) is 57.8 Å². The van der Waals surface area contributed by atoms with Crippen LogP contribution in [0.1, 0.15) is 84.0 Å². The standard InChI is InChI=1S/C19H35NO4/c1-2-3-4-5-6-7-8-9-10-11-12-13-14-15-18(22)17(16-21)20-19(23)24/h17-18,20-22H,2-13,16H2,1H3,(H,23,24)/t17-,18-/m0/s1. The number of amides is 1. The van der Waals surface area contributed by atoms with Crippen LogP contribution in [0.4, 0.5) is 4.79 Å². The van der Waals surface area contributed by atoms with Crippen molar-refractivity contribution in [3.8, 4) is 11.8 Å². The van der Waals surface area contributed by atoms with Gasteiger partial charge in [-0.05, 0) is 6.42 Å². The molecule has 0 aromatic heterocycles. The van der Waals surface area contributed by atoms with Crippen LogP contribution in [0.5, 0.6) is 0 Å². The van der Waals surface area contributed by atoms with Gasteiger partial charge in [-0.2, -0.15) is 0 Å². The lowest BCUT2D eigenvalue weighted by Gasteiger charge is -2.15. The highest BCUT2D eigenvalue weighted by molar-refractivity contribution is 5.65. The quantitative estimate of drug-likeness (QED) is 0.287. The van der Waals surface area contributed by atoms with E-state index in [0.29, 0.717) is 6.42 Å². The van der Waals surface area contributed by atoms with Crippen molar-refractivity contribution in [2.24, 2.45) is 0 Å². The van der Waals surface area contributed by atoms with E-state index in [4.69, 9.17) is 10.2 Å². The molecule has 0 saturated carbocycles. The third kappa shape index (κ3) is 14.3. The number of carbonyl (C=O) groups is 1. The Balaban J connectivity index is 3.51. The fourth-order valence-electron chi connectivity index (χ4n) is 2.54. The highest BCUT2D eigenvalue weighted by Gasteiger charge is 2.17. The van der Waals surface area contributed by atoms with Crippen molar-refractivity contribution >= 4 is 6.09 Å². The minimum Gasteiger partial charge on any atom is -0.465 e. The lowest BCUT2D eigenvalue weighted by molar-refractivity contribution is 0.120. The Labute approximate surface area is 146 Å². The molecule has 2 atom stereocenters. The molecule has 0 aromatic carbocycles. The Morgan fingerprint density at radius 2 is 1.46 bits per heavy atom. The molecule has 5 heteroatoms. The van der Waals surface area contributed by atoms with Crippen molar-refractivity contribution in [2.45, 2.75) is 96.1 Å². The highest BCUT2D eigenvalue weighted by Crippen LogP contribution is 2.11. The number of unbranched alkanes of at least 4 members (excludes halogenated alkanes) is 11. The molecule has 0 fully saturated rings. The van der Waals surface area contributed by atoms with Crippen LogP contribution in [0.15, 0.2) is 0 Å². The summed E-state index contributed by atoms with van der Waals surface area (Å²) >= 11 is 0. The van der Waals surface area contributed by atoms with E-state index in [1.54, 1.807) is 0 Å². The van der Waals surface area contributed by atoms with Crippen molar-refractivity contribution < 1.29 is 20.1 Å². The summed E-state index contributed by atoms with van der Waals surface area (Å²) < 4.78 is 0. The van der Waals surface area contributed by atoms with E-state index in [1.807, 2.05) is 5.32 Å². The molecule has 0 aliphatic rings. The fraction of sp³-hybridized carbons (Fsp3) is 0.842. The van der Waals surface area contributed by atoms with Gasteiger partial charge in [-0.15, -0.1) is 5.92 Å². The lowest BCUT2D eigenvalue weighted by Crippen LogP contribution is -2.44. The van der Waals surface area contributed by atoms with E-state index in [0.717, 1.165) is 12.8 Å². The van der Waals surface area contributed by atoms with E-state index >= 15 is 0 Å². The van der Waals surface area contributed by atoms with Gasteiger partial charge >= 0.3 is 6.09 Å². The molecule has 0 heterocycles. The first kappa shape index (κ1) is 22.8. The van der Waals surface area contributed by atoms with E-state index in [9.17, 15) is 9.90 Å². The number of hydrogen-bond acceptors (Lipinski definition) is 3. The fourth-order valence-corrected chi connectivity index (χ4v) is 2.54. The summed E-state index contributed by atoms with van der Waals surface area (Å²) in [5, 5.41) is 29.3. The summed E-state index contributed by atoms with van der Waals surface area (Å²) in [6, 6.07) is -0.952. The van der Waals surface area contributed by atoms with E-state index in [-0.39, 0.29) is 0 Å². The van der Waals surface area contributed by atoms with E-state index < -0.39 is 24.8 Å². The maximum absolute atomic E-state index is 10.5. The normalized spacial score (nSPS) is 13.0. The SMILES string of the molecule is CCCCCCCCCCCCCC#C[C@H](O)[C@H](CO)NC(=O)O. The summed E-state index contributed by atoms with van der Waals surface area (Å²) in [6.45, 7) is 1.77. The monoisotopic (exact) mass is 341 g/mol. The van der Waals surface area contributed by atoms with E-state index in [2.05, 4.69) is 18.8 Å². The maximum Gasteiger partial charge on any atom is 0.405 e. The van der Waals surface area contributed by atoms with Crippen molar-refractivity contribution in [2.75, 3.05) is 6.61 Å². The summed E-state index contributed by atoms with van der Waals surface area (Å²) in [7, 11) is 0. The molecule has 5 nitrogen and oxygen atoms in total. The van der Waals surface area contributed by atoms with Gasteiger partial charge in [0.05, 0.1) is 12.6 Å². The number of rotatable bonds is 14. The van der Waals surface area contributed by atoms with Gasteiger partial charge in [-0.1, -0.05) is 77.1 Å². The smallest absolute Gasteiger partial charge is 0.405 e. The highest BCUT2D eigenvalue weighted by atomic mass is 16.4. The van der Waals surface area contributed by atoms with Gasteiger partial charge in [0.15, 0.2) is 0 Å². The minimum absolute atomic E-state index is 0.472. The summed E-state index contributed by atoms with van der Waals surface area (Å²) in [6.07, 6.45) is 12.3. The van der Waals surface area contributed by atoms with Crippen molar-refractivity contribution in [1.29, 1.82) is 0 Å². The molecule has 1 amide bonds. The molecule has 0 radical (unpaired) electrons. The molecule has 0 saturated heterocycles. The Morgan fingerprint density at radius 1 is 0.958 bits per heavy atom. The first-order chi connectivity index (χ1) is 11.6. The predicted molar refractivity (Wildman–Crippen MR) is 96.9 cm³/mol. The number of aliphatic hydroxyl groups excluding tert-OH is 2. The number of carboxylic acid groups (broad SMARTS) is 1. The van der Waals surface area contributed by atoms with Gasteiger partial charge in [-0.25, -0.2) is 4.79 Å². The Hall–Kier alpha value is -1.25. The second kappa shape index (κ2) is 16.6. The minimum atomic E-state index is -1.28. The van der Waals surface area contributed by atoms with Crippen LogP contribution in [0.25, 0.3) is 0 Å². The van der Waals surface area contributed by atoms with Crippen molar-refractivity contribution in [3.05, 3.63) is 0 Å². The van der Waals surface area contributed by atoms with Crippen molar-refractivity contribution in [3.63, 3.8) is 0 Å². The molecule has 24 heavy (non-hydrogen) atoms. The summed E-state index contributed by atoms with van der Waals surface area (Å²) in [4.78, 5) is 10.5. The summed E-state index contributed by atoms with van der Waals surface area (Å²) in [5.74, 6) is 5.45. The van der Waals surface area contributed by atoms with Gasteiger partial charge in [0.1, 0.15) is 6.10 Å². The van der Waals surface area contributed by atoms with Gasteiger partial charge in [-0.3, -0.25) is 0 Å². The molecule has 0 aromatic rings. The first-order valence-electron chi connectivity index (χ1n) is 9.38. The average molecular weight is 341 g/mol. The van der Waals surface area contributed by atoms with Crippen LogP contribution < -0.4 is 5.32 Å². The third-order valence-electron chi connectivity index (χ3n) is 4.04. The zero-order valence-electron chi connectivity index (χ0n) is 15.1. The topological polar surface area (TPSA) is 89.8 Å². The molecule has 0 aliphatic carbocycles. The number of nitrogens with one attached hydrogen (secondary N) is 1. The second-order valence-corrected chi connectivity index (χ2v) is 6.29. The molecule has 140 valence electrons. The van der Waals surface area contributed by atoms with Gasteiger partial charge < -0.3 is 20.6 Å². The second-order valence-electron chi connectivity index (χ2n) is 6.29. The Morgan fingerprint density at radius 3 is 1.92 bits per heavy atom. The molecule has 0 spiro atoms. The summed E-state index contributed by atoms with van der Waals surface area (Å²) in [5.41, 5.74) is 0. The van der Waals surface area contributed by atoms with Gasteiger partial charge in [0, 0.05) is 6.42 Å². The average Bonchev–Trinajstić information content (AvgIpc) is 2.56. The van der Waals surface area contributed by atoms with Crippen LogP contribution in [-0.4, -0.2) is 40.2 Å². The molecular formula is C19H35NO4. The van der Waals surface area contributed by atoms with Crippen LogP contribution >= 0.6 is 0 Å². The Kier molecular flexibility index (Phi) is 15.7. The van der Waals surface area contributed by atoms with Crippen molar-refractivity contribution in [1.82, 2.24) is 5.32 Å².